The van der Waals surface area contributed by atoms with Crippen molar-refractivity contribution in [1.82, 2.24) is 0 Å². The van der Waals surface area contributed by atoms with Crippen molar-refractivity contribution in [3.63, 3.8) is 0 Å². The molecule has 0 saturated carbocycles. The van der Waals surface area contributed by atoms with Crippen molar-refractivity contribution in [1.29, 1.82) is 0 Å². The number of hydrogen-bond acceptors (Lipinski definition) is 6. The Balaban J connectivity index is 4.62. The van der Waals surface area contributed by atoms with Crippen LogP contribution in [0.3, 0.4) is 0 Å². The maximum absolute atomic E-state index is 12.6. The molecule has 6 heteroatoms. The second-order valence-electron chi connectivity index (χ2n) is 13.1. The smallest absolute Gasteiger partial charge is 0.309 e. The summed E-state index contributed by atoms with van der Waals surface area (Å²) in [5.74, 6) is -1.25. The monoisotopic (exact) mass is 783 g/mol. The molecule has 0 radical (unpaired) electrons. The van der Waals surface area contributed by atoms with Gasteiger partial charge in [0.1, 0.15) is 13.2 Å². The van der Waals surface area contributed by atoms with Gasteiger partial charge >= 0.3 is 17.9 Å². The standard InChI is InChI=1S/C51H74O6/c1-4-7-10-13-16-19-21-22-23-24-25-26-27-28-30-32-35-38-41-44-50(53)56-47-48(46-55-49(52)43-40-37-34-31-18-15-12-9-6-3)57-51(54)45-42-39-36-33-29-20-17-14-11-8-5-2/h7-12,16-20,22-23,25-26,28,30-31,33,35-38,40,48H,4-6,13-15,21,24,27,29,32,34,39,41-47H2,1-3H3/b10-7-,11-8-,12-9-,19-16-,20-17-,23-22-,26-25-,30-28-,31-18-,36-33-,38-35-,40-37-. The van der Waals surface area contributed by atoms with Gasteiger partial charge in [-0.2, -0.15) is 0 Å². The SMILES string of the molecule is CC/C=C\C/C=C\C/C=C\C/C=C\C/C=C\C/C=C\CCC(=O)OCC(COC(=O)C/C=C\C/C=C\C/C=C\CC)OC(=O)CCC/C=C\C/C=C\C/C=C\CC. The fraction of sp³-hybridized carbons (Fsp3) is 0.471. The molecule has 0 fully saturated rings. The number of ether oxygens (including phenoxy) is 3. The Morgan fingerprint density at radius 1 is 0.368 bits per heavy atom. The summed E-state index contributed by atoms with van der Waals surface area (Å²) in [6, 6.07) is 0. The lowest BCUT2D eigenvalue weighted by Gasteiger charge is -2.18. The zero-order chi connectivity index (χ0) is 41.5. The number of rotatable bonds is 35. The molecule has 0 N–H and O–H groups in total. The Hall–Kier alpha value is -4.71. The highest BCUT2D eigenvalue weighted by molar-refractivity contribution is 5.72. The Morgan fingerprint density at radius 2 is 0.702 bits per heavy atom. The molecule has 0 aromatic carbocycles. The number of hydrogen-bond donors (Lipinski definition) is 0. The Morgan fingerprint density at radius 3 is 1.11 bits per heavy atom. The highest BCUT2D eigenvalue weighted by atomic mass is 16.6. The third kappa shape index (κ3) is 42.3. The zero-order valence-electron chi connectivity index (χ0n) is 35.5. The van der Waals surface area contributed by atoms with Crippen LogP contribution in [0.1, 0.15) is 136 Å². The highest BCUT2D eigenvalue weighted by Gasteiger charge is 2.19. The summed E-state index contributed by atoms with van der Waals surface area (Å²) in [6.45, 7) is 6.01. The van der Waals surface area contributed by atoms with E-state index < -0.39 is 24.0 Å². The van der Waals surface area contributed by atoms with E-state index in [0.717, 1.165) is 83.5 Å². The first kappa shape index (κ1) is 52.3. The minimum atomic E-state index is -0.873. The third-order valence-electron chi connectivity index (χ3n) is 7.87. The Kier molecular flexibility index (Phi) is 40.4. The van der Waals surface area contributed by atoms with Gasteiger partial charge in [0, 0.05) is 12.8 Å². The number of esters is 3. The molecular weight excluding hydrogens is 709 g/mol. The van der Waals surface area contributed by atoms with Crippen LogP contribution < -0.4 is 0 Å². The second-order valence-corrected chi connectivity index (χ2v) is 13.1. The van der Waals surface area contributed by atoms with Gasteiger partial charge in [-0.25, -0.2) is 0 Å². The van der Waals surface area contributed by atoms with Gasteiger partial charge in [-0.15, -0.1) is 0 Å². The first-order chi connectivity index (χ1) is 28.0. The normalized spacial score (nSPS) is 13.5. The van der Waals surface area contributed by atoms with E-state index in [2.05, 4.69) is 136 Å². The van der Waals surface area contributed by atoms with E-state index >= 15 is 0 Å². The van der Waals surface area contributed by atoms with Crippen LogP contribution in [0.2, 0.25) is 0 Å². The fourth-order valence-corrected chi connectivity index (χ4v) is 4.78. The summed E-state index contributed by atoms with van der Waals surface area (Å²) >= 11 is 0. The molecule has 0 amide bonds. The maximum atomic E-state index is 12.6. The molecule has 0 saturated heterocycles. The third-order valence-corrected chi connectivity index (χ3v) is 7.87. The predicted molar refractivity (Wildman–Crippen MR) is 242 cm³/mol. The zero-order valence-corrected chi connectivity index (χ0v) is 35.5. The van der Waals surface area contributed by atoms with Crippen molar-refractivity contribution in [2.24, 2.45) is 0 Å². The van der Waals surface area contributed by atoms with Crippen molar-refractivity contribution < 1.29 is 28.6 Å². The van der Waals surface area contributed by atoms with Gasteiger partial charge in [0.15, 0.2) is 6.10 Å². The van der Waals surface area contributed by atoms with Crippen molar-refractivity contribution in [2.45, 2.75) is 142 Å². The topological polar surface area (TPSA) is 78.9 Å². The van der Waals surface area contributed by atoms with E-state index in [0.29, 0.717) is 12.8 Å². The number of carbonyl (C=O) groups excluding carboxylic acids is 3. The molecule has 1 unspecified atom stereocenters. The molecule has 0 aliphatic rings. The molecule has 1 atom stereocenters. The summed E-state index contributed by atoms with van der Waals surface area (Å²) in [6.07, 6.45) is 63.2. The first-order valence-electron chi connectivity index (χ1n) is 21.3. The molecule has 0 aromatic rings. The van der Waals surface area contributed by atoms with Crippen molar-refractivity contribution >= 4 is 17.9 Å². The molecule has 0 spiro atoms. The minimum Gasteiger partial charge on any atom is -0.462 e. The van der Waals surface area contributed by atoms with Crippen LogP contribution in [-0.4, -0.2) is 37.2 Å². The fourth-order valence-electron chi connectivity index (χ4n) is 4.78. The van der Waals surface area contributed by atoms with Crippen LogP contribution in [0.4, 0.5) is 0 Å². The quantitative estimate of drug-likeness (QED) is 0.0276. The first-order valence-corrected chi connectivity index (χ1v) is 21.3. The van der Waals surface area contributed by atoms with Crippen LogP contribution >= 0.6 is 0 Å². The van der Waals surface area contributed by atoms with Crippen LogP contribution in [0.5, 0.6) is 0 Å². The lowest BCUT2D eigenvalue weighted by atomic mass is 10.2. The Labute approximate surface area is 347 Å². The summed E-state index contributed by atoms with van der Waals surface area (Å²) < 4.78 is 16.4. The molecule has 314 valence electrons. The van der Waals surface area contributed by atoms with E-state index in [1.807, 2.05) is 24.3 Å². The molecule has 6 nitrogen and oxygen atoms in total. The van der Waals surface area contributed by atoms with Gasteiger partial charge in [-0.05, 0) is 96.3 Å². The number of carbonyl (C=O) groups is 3. The minimum absolute atomic E-state index is 0.104. The number of unbranched alkanes of at least 4 members (excludes halogenated alkanes) is 1. The summed E-state index contributed by atoms with van der Waals surface area (Å²) in [5.41, 5.74) is 0. The van der Waals surface area contributed by atoms with Crippen LogP contribution in [0.25, 0.3) is 0 Å². The van der Waals surface area contributed by atoms with Gasteiger partial charge in [0.05, 0.1) is 6.42 Å². The molecular formula is C51H74O6. The summed E-state index contributed by atoms with van der Waals surface area (Å²) in [7, 11) is 0. The summed E-state index contributed by atoms with van der Waals surface area (Å²) in [5, 5.41) is 0. The van der Waals surface area contributed by atoms with Gasteiger partial charge < -0.3 is 14.2 Å². The van der Waals surface area contributed by atoms with Crippen molar-refractivity contribution in [2.75, 3.05) is 13.2 Å². The van der Waals surface area contributed by atoms with Gasteiger partial charge in [-0.1, -0.05) is 167 Å². The van der Waals surface area contributed by atoms with E-state index in [4.69, 9.17) is 14.2 Å². The van der Waals surface area contributed by atoms with E-state index in [-0.39, 0.29) is 32.5 Å². The van der Waals surface area contributed by atoms with Gasteiger partial charge in [0.2, 0.25) is 0 Å². The molecule has 0 aliphatic carbocycles. The van der Waals surface area contributed by atoms with Crippen molar-refractivity contribution in [3.8, 4) is 0 Å². The van der Waals surface area contributed by atoms with E-state index in [1.54, 1.807) is 6.08 Å². The molecule has 0 bridgehead atoms. The molecule has 0 aliphatic heterocycles. The lowest BCUT2D eigenvalue weighted by molar-refractivity contribution is -0.166. The number of allylic oxidation sites excluding steroid dienone is 23. The second kappa shape index (κ2) is 44.0. The average Bonchev–Trinajstić information content (AvgIpc) is 3.21. The maximum Gasteiger partial charge on any atom is 0.309 e. The largest absolute Gasteiger partial charge is 0.462 e. The van der Waals surface area contributed by atoms with E-state index in [1.165, 1.54) is 0 Å². The van der Waals surface area contributed by atoms with Gasteiger partial charge in [0.25, 0.3) is 0 Å². The lowest BCUT2D eigenvalue weighted by Crippen LogP contribution is -2.30. The molecule has 0 heterocycles. The average molecular weight is 783 g/mol. The van der Waals surface area contributed by atoms with Crippen LogP contribution in [0.15, 0.2) is 146 Å². The summed E-state index contributed by atoms with van der Waals surface area (Å²) in [4.78, 5) is 37.5. The Bertz CT molecular complexity index is 1360. The molecule has 0 aromatic heterocycles. The van der Waals surface area contributed by atoms with Crippen molar-refractivity contribution in [3.05, 3.63) is 146 Å². The van der Waals surface area contributed by atoms with E-state index in [9.17, 15) is 14.4 Å². The van der Waals surface area contributed by atoms with Crippen LogP contribution in [0, 0.1) is 0 Å². The van der Waals surface area contributed by atoms with Crippen LogP contribution in [-0.2, 0) is 28.6 Å². The highest BCUT2D eigenvalue weighted by Crippen LogP contribution is 2.07. The molecule has 0 rings (SSSR count). The van der Waals surface area contributed by atoms with Gasteiger partial charge in [-0.3, -0.25) is 14.4 Å². The predicted octanol–water partition coefficient (Wildman–Crippen LogP) is 13.7. The molecule has 57 heavy (non-hydrogen) atoms.